The van der Waals surface area contributed by atoms with Gasteiger partial charge in [0, 0.05) is 0 Å². The van der Waals surface area contributed by atoms with Crippen molar-refractivity contribution in [3.05, 3.63) is 5.73 Å². The second kappa shape index (κ2) is 1.18. The molecule has 0 radical (unpaired) electrons. The van der Waals surface area contributed by atoms with Crippen molar-refractivity contribution in [1.29, 1.82) is 0 Å². The monoisotopic (exact) mass is 98.0 g/mol. The van der Waals surface area contributed by atoms with Crippen LogP contribution < -0.4 is 0 Å². The van der Waals surface area contributed by atoms with E-state index in [-0.39, 0.29) is 5.95 Å². The molecule has 0 aliphatic carbocycles. The van der Waals surface area contributed by atoms with Crippen molar-refractivity contribution in [3.63, 3.8) is 0 Å². The lowest BCUT2D eigenvalue weighted by Crippen LogP contribution is -1.87. The van der Waals surface area contributed by atoms with E-state index in [2.05, 4.69) is 15.5 Å². The van der Waals surface area contributed by atoms with Crippen molar-refractivity contribution >= 4 is 5.95 Å². The molecule has 1 N–H and O–H groups in total. The fraction of sp³-hybridized carbons (Fsp3) is 0.500. The van der Waals surface area contributed by atoms with Gasteiger partial charge >= 0.3 is 0 Å². The molecule has 7 heavy (non-hydrogen) atoms. The average molecular weight is 98.1 g/mol. The molecule has 0 unspecified atom stereocenters. The van der Waals surface area contributed by atoms with Crippen molar-refractivity contribution in [2.75, 3.05) is 0 Å². The molecular weight excluding hydrogens is 94.1 g/mol. The van der Waals surface area contributed by atoms with Crippen molar-refractivity contribution in [1.82, 2.24) is 20.2 Å². The summed E-state index contributed by atoms with van der Waals surface area (Å²) in [5.74, 6) is 0.0833. The van der Waals surface area contributed by atoms with Gasteiger partial charge in [0.2, 0.25) is 0 Å². The predicted molar refractivity (Wildman–Crippen MR) is 22.8 cm³/mol. The van der Waals surface area contributed by atoms with Crippen molar-refractivity contribution < 1.29 is 0 Å². The molecule has 0 saturated heterocycles. The topological polar surface area (TPSA) is 67.4 Å². The van der Waals surface area contributed by atoms with E-state index in [4.69, 9.17) is 5.73 Å². The fourth-order valence-electron chi connectivity index (χ4n) is 0.229. The van der Waals surface area contributed by atoms with Gasteiger partial charge in [0.25, 0.3) is 0 Å². The van der Waals surface area contributed by atoms with Crippen LogP contribution in [0.15, 0.2) is 0 Å². The molecule has 0 fully saturated rings. The Morgan fingerprint density at radius 2 is 2.43 bits per heavy atom. The van der Waals surface area contributed by atoms with E-state index in [1.54, 1.807) is 7.05 Å². The third kappa shape index (κ3) is 0.510. The van der Waals surface area contributed by atoms with Gasteiger partial charge in [0.05, 0.1) is 5.95 Å². The van der Waals surface area contributed by atoms with Crippen LogP contribution in [0.1, 0.15) is 0 Å². The molecule has 5 heteroatoms. The Bertz CT molecular complexity index is 138. The van der Waals surface area contributed by atoms with E-state index in [1.807, 2.05) is 0 Å². The summed E-state index contributed by atoms with van der Waals surface area (Å²) in [5, 5.41) is 9.87. The Labute approximate surface area is 40.1 Å². The minimum atomic E-state index is 0.0833. The number of nitrogens with zero attached hydrogens (tertiary/aromatic N) is 4. The molecule has 0 bridgehead atoms. The number of hydrogen-bond donors (Lipinski definition) is 0. The van der Waals surface area contributed by atoms with Crippen LogP contribution in [0.4, 0.5) is 5.95 Å². The van der Waals surface area contributed by atoms with Gasteiger partial charge in [-0.15, -0.1) is 10.4 Å². The van der Waals surface area contributed by atoms with Crippen LogP contribution in [-0.2, 0) is 7.05 Å². The highest BCUT2D eigenvalue weighted by Crippen LogP contribution is 1.94. The van der Waals surface area contributed by atoms with Gasteiger partial charge in [-0.05, 0) is 7.05 Å². The van der Waals surface area contributed by atoms with E-state index in [9.17, 15) is 0 Å². The van der Waals surface area contributed by atoms with Crippen molar-refractivity contribution in [2.45, 2.75) is 0 Å². The highest BCUT2D eigenvalue weighted by atomic mass is 15.6. The first-order valence-electron chi connectivity index (χ1n) is 1.74. The average Bonchev–Trinajstić information content (AvgIpc) is 1.91. The lowest BCUT2D eigenvalue weighted by molar-refractivity contribution is 0.718. The van der Waals surface area contributed by atoms with Gasteiger partial charge in [-0.1, -0.05) is 0 Å². The van der Waals surface area contributed by atoms with Crippen LogP contribution in [-0.4, -0.2) is 20.2 Å². The van der Waals surface area contributed by atoms with E-state index >= 15 is 0 Å². The minimum Gasteiger partial charge on any atom is -0.408 e. The summed E-state index contributed by atoms with van der Waals surface area (Å²) in [7, 11) is 1.61. The van der Waals surface area contributed by atoms with Gasteiger partial charge in [0.1, 0.15) is 0 Å². The lowest BCUT2D eigenvalue weighted by atomic mass is 11.0. The number of rotatable bonds is 0. The molecule has 38 valence electrons. The number of tetrazole rings is 1. The zero-order chi connectivity index (χ0) is 5.28. The first kappa shape index (κ1) is 4.04. The minimum absolute atomic E-state index is 0.0833. The van der Waals surface area contributed by atoms with E-state index < -0.39 is 0 Å². The Hall–Kier alpha value is -1.13. The summed E-state index contributed by atoms with van der Waals surface area (Å²) in [5.41, 5.74) is 6.83. The maximum atomic E-state index is 6.83. The zero-order valence-corrected chi connectivity index (χ0v) is 3.79. The van der Waals surface area contributed by atoms with E-state index in [1.165, 1.54) is 4.68 Å². The highest BCUT2D eigenvalue weighted by molar-refractivity contribution is 5.17. The van der Waals surface area contributed by atoms with Crippen LogP contribution in [0.3, 0.4) is 0 Å². The number of aryl methyl sites for hydroxylation is 1. The predicted octanol–water partition coefficient (Wildman–Crippen LogP) is -0.106. The molecule has 1 aromatic rings. The molecule has 0 saturated carbocycles. The molecule has 1 rings (SSSR count). The third-order valence-corrected chi connectivity index (χ3v) is 0.620. The first-order valence-corrected chi connectivity index (χ1v) is 1.74. The van der Waals surface area contributed by atoms with E-state index in [0.717, 1.165) is 0 Å². The quantitative estimate of drug-likeness (QED) is 0.454. The molecule has 0 spiro atoms. The summed E-state index contributed by atoms with van der Waals surface area (Å²) < 4.78 is 1.28. The molecule has 0 atom stereocenters. The number of aromatic nitrogens is 4. The molecule has 1 heterocycles. The van der Waals surface area contributed by atoms with Gasteiger partial charge in [-0.2, -0.15) is 0 Å². The number of hydrogen-bond acceptors (Lipinski definition) is 3. The van der Waals surface area contributed by atoms with E-state index in [0.29, 0.717) is 0 Å². The Balaban J connectivity index is 3.12. The van der Waals surface area contributed by atoms with Gasteiger partial charge < -0.3 is 10.4 Å². The molecule has 0 amide bonds. The summed E-state index contributed by atoms with van der Waals surface area (Å²) in [6.07, 6.45) is 0. The smallest absolute Gasteiger partial charge is 0.0511 e. The summed E-state index contributed by atoms with van der Waals surface area (Å²) >= 11 is 0. The molecule has 0 aromatic carbocycles. The third-order valence-electron chi connectivity index (χ3n) is 0.620. The van der Waals surface area contributed by atoms with Crippen LogP contribution in [0, 0.1) is 0 Å². The van der Waals surface area contributed by atoms with Crippen LogP contribution >= 0.6 is 0 Å². The molecule has 0 aliphatic rings. The van der Waals surface area contributed by atoms with Crippen LogP contribution in [0.5, 0.6) is 0 Å². The molecular formula is C2H4N5-. The maximum absolute atomic E-state index is 6.83. The number of nitrogens with one attached hydrogen (secondary N) is 1. The summed E-state index contributed by atoms with van der Waals surface area (Å²) in [6, 6.07) is 0. The van der Waals surface area contributed by atoms with Gasteiger partial charge in [0.15, 0.2) is 0 Å². The van der Waals surface area contributed by atoms with Crippen LogP contribution in [0.25, 0.3) is 5.73 Å². The van der Waals surface area contributed by atoms with Crippen molar-refractivity contribution in [2.24, 2.45) is 7.05 Å². The Kier molecular flexibility index (Phi) is 0.680. The zero-order valence-electron chi connectivity index (χ0n) is 3.79. The maximum Gasteiger partial charge on any atom is 0.0511 e. The second-order valence-electron chi connectivity index (χ2n) is 1.13. The summed E-state index contributed by atoms with van der Waals surface area (Å²) in [4.78, 5) is 0. The Morgan fingerprint density at radius 3 is 2.57 bits per heavy atom. The summed E-state index contributed by atoms with van der Waals surface area (Å²) in [6.45, 7) is 0. The van der Waals surface area contributed by atoms with Gasteiger partial charge in [-0.3, -0.25) is 5.10 Å². The standard InChI is InChI=1S/C2H4N5/c1-7-2(3)4-5-6-7/h1H3,(H-,3,4,6)/q-1. The highest BCUT2D eigenvalue weighted by Gasteiger charge is 1.76. The first-order chi connectivity index (χ1) is 3.30. The second-order valence-corrected chi connectivity index (χ2v) is 1.13. The normalized spacial score (nSPS) is 9.29. The SMILES string of the molecule is Cn1nnnc1[NH-]. The molecule has 5 nitrogen and oxygen atoms in total. The fourth-order valence-corrected chi connectivity index (χ4v) is 0.229. The lowest BCUT2D eigenvalue weighted by Gasteiger charge is -1.93. The molecule has 1 aromatic heterocycles. The Morgan fingerprint density at radius 1 is 1.71 bits per heavy atom. The largest absolute Gasteiger partial charge is 0.408 e. The van der Waals surface area contributed by atoms with Crippen LogP contribution in [0.2, 0.25) is 0 Å². The van der Waals surface area contributed by atoms with Crippen molar-refractivity contribution in [3.8, 4) is 0 Å². The molecule has 0 aliphatic heterocycles. The van der Waals surface area contributed by atoms with Gasteiger partial charge in [-0.25, -0.2) is 0 Å².